The average Bonchev–Trinajstić information content (AvgIpc) is 2.82. The minimum absolute atomic E-state index is 0.101. The van der Waals surface area contributed by atoms with E-state index in [9.17, 15) is 13.2 Å². The van der Waals surface area contributed by atoms with E-state index in [4.69, 9.17) is 5.11 Å². The van der Waals surface area contributed by atoms with Crippen molar-refractivity contribution in [2.75, 3.05) is 4.72 Å². The molecule has 0 aliphatic rings. The number of aromatic nitrogens is 6. The minimum atomic E-state index is -3.98. The summed E-state index contributed by atoms with van der Waals surface area (Å²) in [5.74, 6) is -1.30. The van der Waals surface area contributed by atoms with Crippen molar-refractivity contribution in [1.82, 2.24) is 30.0 Å². The van der Waals surface area contributed by atoms with Crippen molar-refractivity contribution < 1.29 is 18.3 Å². The monoisotopic (exact) mass is 315 g/mol. The first kappa shape index (κ1) is 14.9. The first-order chi connectivity index (χ1) is 9.70. The number of hydrogen-bond acceptors (Lipinski definition) is 7. The van der Waals surface area contributed by atoms with Gasteiger partial charge in [-0.1, -0.05) is 5.10 Å². The summed E-state index contributed by atoms with van der Waals surface area (Å²) >= 11 is 0. The Bertz CT molecular complexity index is 791. The Balaban J connectivity index is 2.40. The summed E-state index contributed by atoms with van der Waals surface area (Å²) in [5.41, 5.74) is 0.399. The largest absolute Gasteiger partial charge is 0.480 e. The molecule has 11 nitrogen and oxygen atoms in total. The smallest absolute Gasteiger partial charge is 0.325 e. The van der Waals surface area contributed by atoms with Gasteiger partial charge in [0.15, 0.2) is 0 Å². The molecule has 0 fully saturated rings. The van der Waals surface area contributed by atoms with Crippen molar-refractivity contribution in [3.8, 4) is 0 Å². The summed E-state index contributed by atoms with van der Waals surface area (Å²) in [5, 5.41) is 23.5. The average molecular weight is 315 g/mol. The Labute approximate surface area is 119 Å². The normalized spacial score (nSPS) is 11.6. The number of carboxylic acid groups (broad SMARTS) is 1. The van der Waals surface area contributed by atoms with E-state index in [1.807, 2.05) is 0 Å². The van der Waals surface area contributed by atoms with Gasteiger partial charge in [0.25, 0.3) is 16.0 Å². The van der Waals surface area contributed by atoms with E-state index in [0.29, 0.717) is 0 Å². The number of nitrogens with one attached hydrogen (secondary N) is 1. The summed E-state index contributed by atoms with van der Waals surface area (Å²) in [7, 11) is -2.49. The molecule has 2 heterocycles. The molecule has 2 rings (SSSR count). The number of carbonyl (C=O) groups is 1. The fraction of sp³-hybridized carbons (Fsp3) is 0.444. The van der Waals surface area contributed by atoms with Crippen molar-refractivity contribution in [1.29, 1.82) is 0 Å². The van der Waals surface area contributed by atoms with Crippen LogP contribution in [-0.2, 0) is 28.4 Å². The molecule has 114 valence electrons. The van der Waals surface area contributed by atoms with Gasteiger partial charge in [0, 0.05) is 0 Å². The van der Waals surface area contributed by atoms with E-state index >= 15 is 0 Å². The molecule has 2 N–H and O–H groups in total. The van der Waals surface area contributed by atoms with E-state index < -0.39 is 22.5 Å². The topological polar surface area (TPSA) is 145 Å². The van der Waals surface area contributed by atoms with Crippen LogP contribution < -0.4 is 4.72 Å². The summed E-state index contributed by atoms with van der Waals surface area (Å²) in [6, 6.07) is 0. The highest BCUT2D eigenvalue weighted by Crippen LogP contribution is 2.21. The molecular formula is C9H13N7O4S. The lowest BCUT2D eigenvalue weighted by molar-refractivity contribution is -0.137. The second-order valence-electron chi connectivity index (χ2n) is 4.26. The number of sulfonamides is 1. The lowest BCUT2D eigenvalue weighted by Gasteiger charge is -2.05. The van der Waals surface area contributed by atoms with Gasteiger partial charge in [0.05, 0.1) is 18.4 Å². The fourth-order valence-electron chi connectivity index (χ4n) is 1.85. The molecule has 21 heavy (non-hydrogen) atoms. The number of aliphatic carboxylic acids is 1. The van der Waals surface area contributed by atoms with E-state index in [2.05, 4.69) is 25.2 Å². The number of nitrogens with zero attached hydrogens (tertiary/aromatic N) is 6. The Morgan fingerprint density at radius 2 is 2.00 bits per heavy atom. The van der Waals surface area contributed by atoms with Crippen molar-refractivity contribution in [3.63, 3.8) is 0 Å². The predicted molar refractivity (Wildman–Crippen MR) is 68.9 cm³/mol. The van der Waals surface area contributed by atoms with E-state index in [1.54, 1.807) is 0 Å². The Morgan fingerprint density at radius 1 is 1.33 bits per heavy atom. The zero-order valence-corrected chi connectivity index (χ0v) is 12.3. The quantitative estimate of drug-likeness (QED) is 0.708. The maximum absolute atomic E-state index is 12.3. The van der Waals surface area contributed by atoms with Gasteiger partial charge in [-0.2, -0.15) is 9.90 Å². The molecule has 0 aliphatic heterocycles. The van der Waals surface area contributed by atoms with Crippen LogP contribution in [0.4, 0.5) is 5.95 Å². The molecule has 0 saturated heterocycles. The molecule has 0 spiro atoms. The summed E-state index contributed by atoms with van der Waals surface area (Å²) in [6.45, 7) is 2.53. The number of anilines is 1. The zero-order valence-electron chi connectivity index (χ0n) is 11.5. The second-order valence-corrected chi connectivity index (χ2v) is 5.88. The first-order valence-electron chi connectivity index (χ1n) is 5.73. The number of rotatable bonds is 5. The predicted octanol–water partition coefficient (Wildman–Crippen LogP) is -1.09. The van der Waals surface area contributed by atoms with Gasteiger partial charge in [-0.15, -0.1) is 5.10 Å². The van der Waals surface area contributed by atoms with Gasteiger partial charge >= 0.3 is 5.97 Å². The Morgan fingerprint density at radius 3 is 2.52 bits per heavy atom. The molecule has 0 aliphatic carbocycles. The SMILES string of the molecule is Cc1nn(CC(=O)O)c(C)c1S(=O)(=O)Nc1nnn(C)n1. The van der Waals surface area contributed by atoms with Crippen LogP contribution in [0.15, 0.2) is 4.90 Å². The lowest BCUT2D eigenvalue weighted by atomic mass is 10.4. The highest BCUT2D eigenvalue weighted by molar-refractivity contribution is 7.92. The summed E-state index contributed by atoms with van der Waals surface area (Å²) in [6.07, 6.45) is 0. The van der Waals surface area contributed by atoms with Crippen LogP contribution in [0.25, 0.3) is 0 Å². The fourth-order valence-corrected chi connectivity index (χ4v) is 3.20. The molecule has 2 aromatic heterocycles. The molecule has 0 atom stereocenters. The number of hydrogen-bond donors (Lipinski definition) is 2. The highest BCUT2D eigenvalue weighted by atomic mass is 32.2. The number of carboxylic acids is 1. The van der Waals surface area contributed by atoms with Gasteiger partial charge in [-0.25, -0.2) is 13.1 Å². The van der Waals surface area contributed by atoms with Crippen molar-refractivity contribution >= 4 is 21.9 Å². The van der Waals surface area contributed by atoms with Gasteiger partial charge in [0.1, 0.15) is 11.4 Å². The van der Waals surface area contributed by atoms with Gasteiger partial charge < -0.3 is 5.11 Å². The van der Waals surface area contributed by atoms with Crippen LogP contribution >= 0.6 is 0 Å². The van der Waals surface area contributed by atoms with Crippen LogP contribution in [-0.4, -0.2) is 49.5 Å². The molecule has 2 aromatic rings. The molecule has 0 bridgehead atoms. The van der Waals surface area contributed by atoms with Crippen molar-refractivity contribution in [3.05, 3.63) is 11.4 Å². The summed E-state index contributed by atoms with van der Waals surface area (Å²) < 4.78 is 27.9. The second kappa shape index (κ2) is 5.12. The summed E-state index contributed by atoms with van der Waals surface area (Å²) in [4.78, 5) is 11.7. The van der Waals surface area contributed by atoms with Crippen molar-refractivity contribution in [2.24, 2.45) is 7.05 Å². The molecular weight excluding hydrogens is 302 g/mol. The zero-order chi connectivity index (χ0) is 15.8. The van der Waals surface area contributed by atoms with Gasteiger partial charge in [0.2, 0.25) is 0 Å². The standard InChI is InChI=1S/C9H13N7O4S/c1-5-8(6(2)16(11-5)4-7(17)18)21(19,20)13-9-10-14-15(3)12-9/h4H2,1-3H3,(H,12,13)(H,17,18). The van der Waals surface area contributed by atoms with Crippen LogP contribution in [0, 0.1) is 13.8 Å². The molecule has 0 amide bonds. The van der Waals surface area contributed by atoms with Gasteiger partial charge in [-0.05, 0) is 19.1 Å². The molecule has 0 saturated carbocycles. The van der Waals surface area contributed by atoms with E-state index in [-0.39, 0.29) is 22.2 Å². The van der Waals surface area contributed by atoms with E-state index in [1.165, 1.54) is 20.9 Å². The van der Waals surface area contributed by atoms with Crippen LogP contribution in [0.5, 0.6) is 0 Å². The Hall–Kier alpha value is -2.50. The van der Waals surface area contributed by atoms with E-state index in [0.717, 1.165) is 9.48 Å². The molecule has 0 radical (unpaired) electrons. The lowest BCUT2D eigenvalue weighted by Crippen LogP contribution is -2.17. The number of tetrazole rings is 1. The third-order valence-corrected chi connectivity index (χ3v) is 4.18. The van der Waals surface area contributed by atoms with Gasteiger partial charge in [-0.3, -0.25) is 9.48 Å². The van der Waals surface area contributed by atoms with Crippen LogP contribution in [0.2, 0.25) is 0 Å². The van der Waals surface area contributed by atoms with Crippen LogP contribution in [0.3, 0.4) is 0 Å². The molecule has 0 aromatic carbocycles. The Kier molecular flexibility index (Phi) is 3.63. The number of aryl methyl sites for hydroxylation is 2. The first-order valence-corrected chi connectivity index (χ1v) is 7.21. The molecule has 0 unspecified atom stereocenters. The van der Waals surface area contributed by atoms with Crippen molar-refractivity contribution in [2.45, 2.75) is 25.3 Å². The highest BCUT2D eigenvalue weighted by Gasteiger charge is 2.26. The third-order valence-electron chi connectivity index (χ3n) is 2.60. The third kappa shape index (κ3) is 2.99. The maximum Gasteiger partial charge on any atom is 0.325 e. The maximum atomic E-state index is 12.3. The minimum Gasteiger partial charge on any atom is -0.480 e. The molecule has 12 heteroatoms. The van der Waals surface area contributed by atoms with Crippen LogP contribution in [0.1, 0.15) is 11.4 Å².